The number of halogens is 1. The molecule has 1 saturated heterocycles. The van der Waals surface area contributed by atoms with Gasteiger partial charge in [0.05, 0.1) is 12.0 Å². The highest BCUT2D eigenvalue weighted by atomic mass is 35.5. The lowest BCUT2D eigenvalue weighted by Crippen LogP contribution is -2.36. The Morgan fingerprint density at radius 3 is 2.63 bits per heavy atom. The van der Waals surface area contributed by atoms with Crippen LogP contribution >= 0.6 is 11.6 Å². The van der Waals surface area contributed by atoms with Crippen LogP contribution in [0.15, 0.2) is 24.3 Å². The Morgan fingerprint density at radius 2 is 2.11 bits per heavy atom. The summed E-state index contributed by atoms with van der Waals surface area (Å²) in [6.45, 7) is 5.91. The van der Waals surface area contributed by atoms with Gasteiger partial charge >= 0.3 is 0 Å². The van der Waals surface area contributed by atoms with Crippen molar-refractivity contribution in [2.45, 2.75) is 26.3 Å². The van der Waals surface area contributed by atoms with E-state index in [1.54, 1.807) is 0 Å². The predicted octanol–water partition coefficient (Wildman–Crippen LogP) is 2.76. The van der Waals surface area contributed by atoms with E-state index in [0.717, 1.165) is 30.1 Å². The normalized spacial score (nSPS) is 24.2. The fourth-order valence-electron chi connectivity index (χ4n) is 2.56. The second kappa shape index (κ2) is 6.40. The standard InChI is InChI=1S/C15H21ClN2O/c1-3-14(11-4-6-12(16)7-5-11)18-15(19)13-9-17-8-10(13)2/h4-7,10,13-14,17H,3,8-9H2,1-2H3,(H,18,19)/t10-,13-,14?/m1/s1. The van der Waals surface area contributed by atoms with Gasteiger partial charge in [-0.1, -0.05) is 37.6 Å². The highest BCUT2D eigenvalue weighted by Crippen LogP contribution is 2.22. The number of carbonyl (C=O) groups is 1. The van der Waals surface area contributed by atoms with Crippen LogP contribution in [0.4, 0.5) is 0 Å². The van der Waals surface area contributed by atoms with Crippen molar-refractivity contribution in [2.24, 2.45) is 11.8 Å². The van der Waals surface area contributed by atoms with Crippen molar-refractivity contribution in [2.75, 3.05) is 13.1 Å². The van der Waals surface area contributed by atoms with E-state index in [-0.39, 0.29) is 17.9 Å². The molecule has 19 heavy (non-hydrogen) atoms. The molecule has 1 fully saturated rings. The minimum absolute atomic E-state index is 0.0672. The molecule has 3 nitrogen and oxygen atoms in total. The second-order valence-electron chi connectivity index (χ2n) is 5.26. The molecular weight excluding hydrogens is 260 g/mol. The van der Waals surface area contributed by atoms with E-state index >= 15 is 0 Å². The van der Waals surface area contributed by atoms with Crippen LogP contribution in [0.3, 0.4) is 0 Å². The van der Waals surface area contributed by atoms with E-state index in [2.05, 4.69) is 24.5 Å². The minimum Gasteiger partial charge on any atom is -0.349 e. The summed E-state index contributed by atoms with van der Waals surface area (Å²) in [7, 11) is 0. The van der Waals surface area contributed by atoms with Crippen LogP contribution in [0.25, 0.3) is 0 Å². The highest BCUT2D eigenvalue weighted by Gasteiger charge is 2.30. The Morgan fingerprint density at radius 1 is 1.42 bits per heavy atom. The Labute approximate surface area is 119 Å². The monoisotopic (exact) mass is 280 g/mol. The molecule has 2 N–H and O–H groups in total. The first kappa shape index (κ1) is 14.4. The number of rotatable bonds is 4. The second-order valence-corrected chi connectivity index (χ2v) is 5.70. The van der Waals surface area contributed by atoms with Gasteiger partial charge in [0.1, 0.15) is 0 Å². The molecule has 1 aromatic rings. The predicted molar refractivity (Wildman–Crippen MR) is 78.2 cm³/mol. The third kappa shape index (κ3) is 3.48. The van der Waals surface area contributed by atoms with Gasteiger partial charge in [-0.25, -0.2) is 0 Å². The number of benzene rings is 1. The van der Waals surface area contributed by atoms with E-state index in [1.807, 2.05) is 24.3 Å². The summed E-state index contributed by atoms with van der Waals surface area (Å²) in [5.74, 6) is 0.642. The minimum atomic E-state index is 0.0672. The zero-order chi connectivity index (χ0) is 13.8. The molecule has 1 aliphatic rings. The van der Waals surface area contributed by atoms with Crippen LogP contribution in [0.2, 0.25) is 5.02 Å². The Balaban J connectivity index is 2.02. The van der Waals surface area contributed by atoms with Crippen molar-refractivity contribution < 1.29 is 4.79 Å². The molecule has 0 aromatic heterocycles. The maximum absolute atomic E-state index is 12.3. The summed E-state index contributed by atoms with van der Waals surface area (Å²) in [4.78, 5) is 12.3. The first-order valence-corrected chi connectivity index (χ1v) is 7.26. The van der Waals surface area contributed by atoms with Crippen molar-refractivity contribution >= 4 is 17.5 Å². The van der Waals surface area contributed by atoms with Gasteiger partial charge in [0.15, 0.2) is 0 Å². The van der Waals surface area contributed by atoms with Crippen LogP contribution < -0.4 is 10.6 Å². The molecular formula is C15H21ClN2O. The van der Waals surface area contributed by atoms with Gasteiger partial charge in [-0.2, -0.15) is 0 Å². The SMILES string of the molecule is CCC(NC(=O)[C@@H]1CNC[C@H]1C)c1ccc(Cl)cc1. The molecule has 3 atom stereocenters. The Hall–Kier alpha value is -1.06. The summed E-state index contributed by atoms with van der Waals surface area (Å²) in [6.07, 6.45) is 0.877. The molecule has 4 heteroatoms. The van der Waals surface area contributed by atoms with Crippen molar-refractivity contribution in [3.05, 3.63) is 34.9 Å². The van der Waals surface area contributed by atoms with Gasteiger partial charge in [0.2, 0.25) is 5.91 Å². The number of nitrogens with one attached hydrogen (secondary N) is 2. The zero-order valence-corrected chi connectivity index (χ0v) is 12.2. The maximum Gasteiger partial charge on any atom is 0.225 e. The van der Waals surface area contributed by atoms with Gasteiger partial charge in [-0.05, 0) is 36.6 Å². The van der Waals surface area contributed by atoms with E-state index in [4.69, 9.17) is 11.6 Å². The maximum atomic E-state index is 12.3. The van der Waals surface area contributed by atoms with E-state index in [0.29, 0.717) is 5.92 Å². The van der Waals surface area contributed by atoms with E-state index in [1.165, 1.54) is 0 Å². The fraction of sp³-hybridized carbons (Fsp3) is 0.533. The molecule has 0 spiro atoms. The molecule has 1 unspecified atom stereocenters. The lowest BCUT2D eigenvalue weighted by molar-refractivity contribution is -0.126. The van der Waals surface area contributed by atoms with E-state index < -0.39 is 0 Å². The smallest absolute Gasteiger partial charge is 0.225 e. The third-order valence-corrected chi connectivity index (χ3v) is 4.10. The number of amides is 1. The summed E-state index contributed by atoms with van der Waals surface area (Å²) in [5, 5.41) is 7.14. The lowest BCUT2D eigenvalue weighted by Gasteiger charge is -2.21. The first-order chi connectivity index (χ1) is 9.11. The van der Waals surface area contributed by atoms with Gasteiger partial charge in [0, 0.05) is 11.6 Å². The molecule has 1 heterocycles. The molecule has 1 aliphatic heterocycles. The topological polar surface area (TPSA) is 41.1 Å². The van der Waals surface area contributed by atoms with Crippen LogP contribution in [0, 0.1) is 11.8 Å². The first-order valence-electron chi connectivity index (χ1n) is 6.88. The summed E-state index contributed by atoms with van der Waals surface area (Å²) in [5.41, 5.74) is 1.11. The summed E-state index contributed by atoms with van der Waals surface area (Å²) in [6, 6.07) is 7.76. The Bertz CT molecular complexity index is 432. The van der Waals surface area contributed by atoms with Crippen molar-refractivity contribution in [1.82, 2.24) is 10.6 Å². The van der Waals surface area contributed by atoms with Crippen LogP contribution in [-0.2, 0) is 4.79 Å². The average molecular weight is 281 g/mol. The number of carbonyl (C=O) groups excluding carboxylic acids is 1. The molecule has 0 bridgehead atoms. The fourth-order valence-corrected chi connectivity index (χ4v) is 2.68. The molecule has 0 radical (unpaired) electrons. The molecule has 104 valence electrons. The molecule has 1 aromatic carbocycles. The molecule has 0 aliphatic carbocycles. The third-order valence-electron chi connectivity index (χ3n) is 3.85. The van der Waals surface area contributed by atoms with Crippen LogP contribution in [-0.4, -0.2) is 19.0 Å². The molecule has 0 saturated carbocycles. The number of hydrogen-bond donors (Lipinski definition) is 2. The van der Waals surface area contributed by atoms with E-state index in [9.17, 15) is 4.79 Å². The summed E-state index contributed by atoms with van der Waals surface area (Å²) >= 11 is 5.89. The summed E-state index contributed by atoms with van der Waals surface area (Å²) < 4.78 is 0. The van der Waals surface area contributed by atoms with Crippen molar-refractivity contribution in [3.63, 3.8) is 0 Å². The van der Waals surface area contributed by atoms with Gasteiger partial charge in [-0.3, -0.25) is 4.79 Å². The largest absolute Gasteiger partial charge is 0.349 e. The van der Waals surface area contributed by atoms with Crippen molar-refractivity contribution in [1.29, 1.82) is 0 Å². The van der Waals surface area contributed by atoms with Crippen LogP contribution in [0.5, 0.6) is 0 Å². The lowest BCUT2D eigenvalue weighted by atomic mass is 9.96. The van der Waals surface area contributed by atoms with Gasteiger partial charge in [-0.15, -0.1) is 0 Å². The Kier molecular flexibility index (Phi) is 4.83. The quantitative estimate of drug-likeness (QED) is 0.890. The number of hydrogen-bond acceptors (Lipinski definition) is 2. The van der Waals surface area contributed by atoms with Gasteiger partial charge < -0.3 is 10.6 Å². The average Bonchev–Trinajstić information content (AvgIpc) is 2.83. The highest BCUT2D eigenvalue weighted by molar-refractivity contribution is 6.30. The molecule has 1 amide bonds. The van der Waals surface area contributed by atoms with Crippen LogP contribution in [0.1, 0.15) is 31.9 Å². The molecule has 2 rings (SSSR count). The zero-order valence-electron chi connectivity index (χ0n) is 11.4. The van der Waals surface area contributed by atoms with Crippen molar-refractivity contribution in [3.8, 4) is 0 Å². The van der Waals surface area contributed by atoms with Gasteiger partial charge in [0.25, 0.3) is 0 Å².